The smallest absolute Gasteiger partial charge is 0.221 e. The molecule has 2 heterocycles. The van der Waals surface area contributed by atoms with Crippen molar-refractivity contribution in [1.29, 1.82) is 0 Å². The summed E-state index contributed by atoms with van der Waals surface area (Å²) in [5.74, 6) is 0.660. The molecule has 0 spiro atoms. The number of hydrogen-bond acceptors (Lipinski definition) is 4. The summed E-state index contributed by atoms with van der Waals surface area (Å²) in [4.78, 5) is 4.31. The fourth-order valence-electron chi connectivity index (χ4n) is 2.16. The molecule has 5 heteroatoms. The highest BCUT2D eigenvalue weighted by atomic mass is 79.9. The van der Waals surface area contributed by atoms with E-state index >= 15 is 0 Å². The van der Waals surface area contributed by atoms with Gasteiger partial charge in [0.2, 0.25) is 5.88 Å². The number of nitrogens with zero attached hydrogens (tertiary/aromatic N) is 1. The summed E-state index contributed by atoms with van der Waals surface area (Å²) in [7, 11) is 0. The Balaban J connectivity index is 1.79. The first-order valence-electron chi connectivity index (χ1n) is 6.33. The summed E-state index contributed by atoms with van der Waals surface area (Å²) in [6, 6.07) is 7.99. The molecule has 2 aromatic rings. The lowest BCUT2D eigenvalue weighted by molar-refractivity contribution is -0.000385. The minimum Gasteiger partial charge on any atom is -0.474 e. The summed E-state index contributed by atoms with van der Waals surface area (Å²) in [5.41, 5.74) is 0. The fourth-order valence-corrected chi connectivity index (χ4v) is 2.65. The maximum atomic E-state index is 5.82. The zero-order valence-electron chi connectivity index (χ0n) is 10.4. The minimum absolute atomic E-state index is 0.0953. The number of ether oxygens (including phenoxy) is 2. The van der Waals surface area contributed by atoms with E-state index < -0.39 is 0 Å². The topological polar surface area (TPSA) is 43.4 Å². The number of morpholine rings is 1. The van der Waals surface area contributed by atoms with Crippen LogP contribution in [0.25, 0.3) is 10.8 Å². The zero-order chi connectivity index (χ0) is 13.1. The molecule has 4 nitrogen and oxygen atoms in total. The first-order chi connectivity index (χ1) is 9.34. The van der Waals surface area contributed by atoms with Crippen LogP contribution in [-0.4, -0.2) is 37.4 Å². The maximum Gasteiger partial charge on any atom is 0.221 e. The van der Waals surface area contributed by atoms with E-state index in [9.17, 15) is 0 Å². The Hall–Kier alpha value is -1.17. The second-order valence-corrected chi connectivity index (χ2v) is 5.31. The molecule has 0 radical (unpaired) electrons. The molecule has 1 aromatic heterocycles. The van der Waals surface area contributed by atoms with Gasteiger partial charge in [0, 0.05) is 34.5 Å². The summed E-state index contributed by atoms with van der Waals surface area (Å²) in [5, 5.41) is 5.41. The van der Waals surface area contributed by atoms with Crippen molar-refractivity contribution < 1.29 is 9.47 Å². The largest absolute Gasteiger partial charge is 0.474 e. The molecule has 1 aliphatic heterocycles. The Morgan fingerprint density at radius 2 is 2.32 bits per heavy atom. The molecular formula is C14H15BrN2O2. The third-order valence-corrected chi connectivity index (χ3v) is 3.82. The van der Waals surface area contributed by atoms with Crippen molar-refractivity contribution in [2.24, 2.45) is 0 Å². The molecule has 0 saturated carbocycles. The molecule has 1 aliphatic rings. The van der Waals surface area contributed by atoms with Gasteiger partial charge in [0.25, 0.3) is 0 Å². The van der Waals surface area contributed by atoms with Crippen molar-refractivity contribution in [2.75, 3.05) is 26.3 Å². The van der Waals surface area contributed by atoms with E-state index in [1.165, 1.54) is 0 Å². The molecule has 19 heavy (non-hydrogen) atoms. The molecular weight excluding hydrogens is 308 g/mol. The van der Waals surface area contributed by atoms with Gasteiger partial charge in [-0.05, 0) is 18.2 Å². The summed E-state index contributed by atoms with van der Waals surface area (Å²) >= 11 is 3.54. The van der Waals surface area contributed by atoms with Crippen molar-refractivity contribution in [3.05, 3.63) is 34.9 Å². The molecule has 0 bridgehead atoms. The highest BCUT2D eigenvalue weighted by Gasteiger charge is 2.15. The molecule has 1 atom stereocenters. The maximum absolute atomic E-state index is 5.82. The van der Waals surface area contributed by atoms with E-state index in [-0.39, 0.29) is 6.10 Å². The molecule has 0 amide bonds. The van der Waals surface area contributed by atoms with Crippen LogP contribution in [0.2, 0.25) is 0 Å². The van der Waals surface area contributed by atoms with Gasteiger partial charge in [-0.2, -0.15) is 0 Å². The van der Waals surface area contributed by atoms with Gasteiger partial charge in [0.05, 0.1) is 6.61 Å². The van der Waals surface area contributed by atoms with E-state index in [0.29, 0.717) is 12.5 Å². The molecule has 1 N–H and O–H groups in total. The van der Waals surface area contributed by atoms with Gasteiger partial charge < -0.3 is 14.8 Å². The number of nitrogens with one attached hydrogen (secondary N) is 1. The van der Waals surface area contributed by atoms with Crippen LogP contribution in [0.4, 0.5) is 0 Å². The Labute approximate surface area is 120 Å². The van der Waals surface area contributed by atoms with Crippen LogP contribution in [0.3, 0.4) is 0 Å². The fraction of sp³-hybridized carbons (Fsp3) is 0.357. The Morgan fingerprint density at radius 3 is 3.16 bits per heavy atom. The third-order valence-electron chi connectivity index (χ3n) is 3.13. The molecule has 1 saturated heterocycles. The molecule has 1 unspecified atom stereocenters. The van der Waals surface area contributed by atoms with Gasteiger partial charge in [0.1, 0.15) is 12.7 Å². The zero-order valence-corrected chi connectivity index (χ0v) is 12.0. The van der Waals surface area contributed by atoms with Crippen LogP contribution in [-0.2, 0) is 4.74 Å². The predicted molar refractivity (Wildman–Crippen MR) is 77.5 cm³/mol. The highest BCUT2D eigenvalue weighted by molar-refractivity contribution is 9.10. The number of fused-ring (bicyclic) bond motifs is 1. The molecule has 1 aromatic carbocycles. The standard InChI is InChI=1S/C14H15BrN2O2/c15-13-3-1-2-12-11(13)4-5-17-14(12)19-9-10-8-16-6-7-18-10/h1-5,10,16H,6-9H2. The predicted octanol–water partition coefficient (Wildman–Crippen LogP) is 2.36. The first kappa shape index (κ1) is 12.8. The van der Waals surface area contributed by atoms with Gasteiger partial charge in [-0.1, -0.05) is 22.0 Å². The monoisotopic (exact) mass is 322 g/mol. The van der Waals surface area contributed by atoms with E-state index in [1.807, 2.05) is 24.3 Å². The van der Waals surface area contributed by atoms with Crippen LogP contribution < -0.4 is 10.1 Å². The second kappa shape index (κ2) is 5.86. The van der Waals surface area contributed by atoms with Crippen LogP contribution in [0, 0.1) is 0 Å². The Morgan fingerprint density at radius 1 is 1.37 bits per heavy atom. The number of halogens is 1. The lowest BCUT2D eigenvalue weighted by Crippen LogP contribution is -2.41. The minimum atomic E-state index is 0.0953. The van der Waals surface area contributed by atoms with E-state index in [2.05, 4.69) is 26.2 Å². The molecule has 100 valence electrons. The van der Waals surface area contributed by atoms with Crippen LogP contribution in [0.5, 0.6) is 5.88 Å². The van der Waals surface area contributed by atoms with Crippen molar-refractivity contribution in [3.8, 4) is 5.88 Å². The summed E-state index contributed by atoms with van der Waals surface area (Å²) in [6.07, 6.45) is 1.86. The third kappa shape index (κ3) is 2.88. The summed E-state index contributed by atoms with van der Waals surface area (Å²) < 4.78 is 12.5. The highest BCUT2D eigenvalue weighted by Crippen LogP contribution is 2.28. The van der Waals surface area contributed by atoms with Gasteiger partial charge >= 0.3 is 0 Å². The number of hydrogen-bond donors (Lipinski definition) is 1. The lowest BCUT2D eigenvalue weighted by atomic mass is 10.2. The Kier molecular flexibility index (Phi) is 3.96. The molecule has 3 rings (SSSR count). The number of aromatic nitrogens is 1. The van der Waals surface area contributed by atoms with Gasteiger partial charge in [-0.15, -0.1) is 0 Å². The number of benzene rings is 1. The normalized spacial score (nSPS) is 19.5. The van der Waals surface area contributed by atoms with Gasteiger partial charge in [-0.25, -0.2) is 4.98 Å². The van der Waals surface area contributed by atoms with Crippen LogP contribution >= 0.6 is 15.9 Å². The van der Waals surface area contributed by atoms with Crippen molar-refractivity contribution >= 4 is 26.7 Å². The van der Waals surface area contributed by atoms with Crippen LogP contribution in [0.1, 0.15) is 0 Å². The van der Waals surface area contributed by atoms with Gasteiger partial charge in [0.15, 0.2) is 0 Å². The Bertz CT molecular complexity index is 570. The quantitative estimate of drug-likeness (QED) is 0.942. The van der Waals surface area contributed by atoms with E-state index in [1.54, 1.807) is 6.20 Å². The number of rotatable bonds is 3. The van der Waals surface area contributed by atoms with E-state index in [0.717, 1.165) is 34.9 Å². The molecule has 0 aliphatic carbocycles. The average Bonchev–Trinajstić information content (AvgIpc) is 2.47. The van der Waals surface area contributed by atoms with Gasteiger partial charge in [-0.3, -0.25) is 0 Å². The lowest BCUT2D eigenvalue weighted by Gasteiger charge is -2.23. The average molecular weight is 323 g/mol. The van der Waals surface area contributed by atoms with Crippen LogP contribution in [0.15, 0.2) is 34.9 Å². The summed E-state index contributed by atoms with van der Waals surface area (Å²) in [6.45, 7) is 3.00. The second-order valence-electron chi connectivity index (χ2n) is 4.46. The SMILES string of the molecule is Brc1cccc2c(OCC3CNCCO3)nccc12. The van der Waals surface area contributed by atoms with Crippen molar-refractivity contribution in [1.82, 2.24) is 10.3 Å². The van der Waals surface area contributed by atoms with Crippen molar-refractivity contribution in [2.45, 2.75) is 6.10 Å². The molecule has 1 fully saturated rings. The first-order valence-corrected chi connectivity index (χ1v) is 7.12. The van der Waals surface area contributed by atoms with E-state index in [4.69, 9.17) is 9.47 Å². The van der Waals surface area contributed by atoms with Crippen molar-refractivity contribution in [3.63, 3.8) is 0 Å². The number of pyridine rings is 1.